The zero-order chi connectivity index (χ0) is 18.1. The van der Waals surface area contributed by atoms with E-state index in [1.165, 1.54) is 30.5 Å². The molecule has 0 aliphatic heterocycles. The summed E-state index contributed by atoms with van der Waals surface area (Å²) in [6.07, 6.45) is 2.46. The summed E-state index contributed by atoms with van der Waals surface area (Å²) in [7, 11) is 0. The number of fused-ring (bicyclic) bond motifs is 1. The molecule has 0 saturated carbocycles. The van der Waals surface area contributed by atoms with E-state index in [4.69, 9.17) is 0 Å². The van der Waals surface area contributed by atoms with Crippen molar-refractivity contribution >= 4 is 17.4 Å². The van der Waals surface area contributed by atoms with E-state index in [0.29, 0.717) is 35.7 Å². The Balaban J connectivity index is 1.60. The van der Waals surface area contributed by atoms with Gasteiger partial charge >= 0.3 is 0 Å². The van der Waals surface area contributed by atoms with Crippen LogP contribution in [0.25, 0.3) is 0 Å². The fourth-order valence-corrected chi connectivity index (χ4v) is 3.14. The van der Waals surface area contributed by atoms with Gasteiger partial charge in [0.1, 0.15) is 11.6 Å². The second-order valence-corrected chi connectivity index (χ2v) is 6.27. The summed E-state index contributed by atoms with van der Waals surface area (Å²) in [6, 6.07) is 12.1. The molecule has 0 spiro atoms. The van der Waals surface area contributed by atoms with Crippen molar-refractivity contribution in [2.75, 3.05) is 5.32 Å². The van der Waals surface area contributed by atoms with Gasteiger partial charge in [-0.05, 0) is 54.3 Å². The van der Waals surface area contributed by atoms with Crippen LogP contribution >= 0.6 is 0 Å². The largest absolute Gasteiger partial charge is 0.324 e. The Morgan fingerprint density at radius 3 is 2.27 bits per heavy atom. The van der Waals surface area contributed by atoms with E-state index in [2.05, 4.69) is 15.3 Å². The van der Waals surface area contributed by atoms with Gasteiger partial charge in [0.05, 0.1) is 11.3 Å². The summed E-state index contributed by atoms with van der Waals surface area (Å²) < 4.78 is 26.1. The van der Waals surface area contributed by atoms with Crippen LogP contribution < -0.4 is 5.32 Å². The molecule has 0 fully saturated rings. The third-order valence-electron chi connectivity index (χ3n) is 4.48. The van der Waals surface area contributed by atoms with Crippen LogP contribution in [0.15, 0.2) is 54.7 Å². The lowest BCUT2D eigenvalue weighted by atomic mass is 9.82. The van der Waals surface area contributed by atoms with Crippen molar-refractivity contribution < 1.29 is 13.6 Å². The third kappa shape index (κ3) is 3.31. The Hall–Kier alpha value is -3.15. The van der Waals surface area contributed by atoms with E-state index < -0.39 is 0 Å². The van der Waals surface area contributed by atoms with E-state index in [1.54, 1.807) is 24.3 Å². The molecular formula is C20H15F2N3O. The van der Waals surface area contributed by atoms with E-state index in [9.17, 15) is 13.6 Å². The minimum absolute atomic E-state index is 0.0195. The van der Waals surface area contributed by atoms with Gasteiger partial charge in [-0.3, -0.25) is 4.79 Å². The van der Waals surface area contributed by atoms with E-state index >= 15 is 0 Å². The van der Waals surface area contributed by atoms with Crippen LogP contribution in [-0.4, -0.2) is 15.8 Å². The molecule has 1 atom stereocenters. The van der Waals surface area contributed by atoms with Crippen LogP contribution in [0.3, 0.4) is 0 Å². The average Bonchev–Trinajstić information content (AvgIpc) is 2.64. The summed E-state index contributed by atoms with van der Waals surface area (Å²) in [5.41, 5.74) is 2.75. The lowest BCUT2D eigenvalue weighted by Gasteiger charge is -2.23. The predicted molar refractivity (Wildman–Crippen MR) is 93.5 cm³/mol. The highest BCUT2D eigenvalue weighted by molar-refractivity contribution is 5.98. The number of aromatic nitrogens is 2. The number of hydrogen-bond donors (Lipinski definition) is 1. The molecule has 0 saturated heterocycles. The first-order chi connectivity index (χ1) is 12.6. The summed E-state index contributed by atoms with van der Waals surface area (Å²) in [4.78, 5) is 21.1. The molecule has 26 heavy (non-hydrogen) atoms. The zero-order valence-electron chi connectivity index (χ0n) is 13.7. The number of anilines is 2. The summed E-state index contributed by atoms with van der Waals surface area (Å²) in [5, 5.41) is 3.01. The first kappa shape index (κ1) is 16.3. The molecule has 0 radical (unpaired) electrons. The van der Waals surface area contributed by atoms with Crippen LogP contribution in [0.5, 0.6) is 0 Å². The van der Waals surface area contributed by atoms with E-state index in [-0.39, 0.29) is 23.3 Å². The highest BCUT2D eigenvalue weighted by atomic mass is 19.1. The zero-order valence-corrected chi connectivity index (χ0v) is 13.7. The Bertz CT molecular complexity index is 956. The fraction of sp³-hybridized carbons (Fsp3) is 0.150. The van der Waals surface area contributed by atoms with Crippen LogP contribution in [0, 0.1) is 11.6 Å². The van der Waals surface area contributed by atoms with Crippen molar-refractivity contribution in [3.05, 3.63) is 83.2 Å². The molecular weight excluding hydrogens is 336 g/mol. The van der Waals surface area contributed by atoms with Gasteiger partial charge < -0.3 is 5.32 Å². The summed E-state index contributed by atoms with van der Waals surface area (Å²) in [5.74, 6) is -0.333. The number of rotatable bonds is 3. The molecule has 1 N–H and O–H groups in total. The highest BCUT2D eigenvalue weighted by Crippen LogP contribution is 2.32. The van der Waals surface area contributed by atoms with Crippen LogP contribution in [0.2, 0.25) is 0 Å². The second-order valence-electron chi connectivity index (χ2n) is 6.27. The van der Waals surface area contributed by atoms with Gasteiger partial charge in [0, 0.05) is 18.3 Å². The van der Waals surface area contributed by atoms with Gasteiger partial charge in [-0.15, -0.1) is 0 Å². The molecule has 0 bridgehead atoms. The standard InChI is InChI=1S/C20H15F2N3O/c21-14-3-1-12(2-4-14)13-9-18-17(19(26)10-13)11-23-20(25-18)24-16-7-5-15(22)6-8-16/h1-8,11,13H,9-10H2,(H,23,24,25). The number of nitrogens with one attached hydrogen (secondary N) is 1. The Kier molecular flexibility index (Phi) is 4.16. The maximum Gasteiger partial charge on any atom is 0.227 e. The summed E-state index contributed by atoms with van der Waals surface area (Å²) >= 11 is 0. The maximum atomic E-state index is 13.1. The molecule has 1 aromatic heterocycles. The Morgan fingerprint density at radius 1 is 0.923 bits per heavy atom. The number of benzene rings is 2. The van der Waals surface area contributed by atoms with Crippen molar-refractivity contribution in [1.29, 1.82) is 0 Å². The number of hydrogen-bond acceptors (Lipinski definition) is 4. The second kappa shape index (κ2) is 6.63. The number of carbonyl (C=O) groups is 1. The molecule has 130 valence electrons. The van der Waals surface area contributed by atoms with Crippen LogP contribution in [0.4, 0.5) is 20.4 Å². The SMILES string of the molecule is O=C1CC(c2ccc(F)cc2)Cc2nc(Nc3ccc(F)cc3)ncc21. The minimum Gasteiger partial charge on any atom is -0.324 e. The van der Waals surface area contributed by atoms with Gasteiger partial charge in [0.2, 0.25) is 5.95 Å². The molecule has 4 rings (SSSR count). The summed E-state index contributed by atoms with van der Waals surface area (Å²) in [6.45, 7) is 0. The Morgan fingerprint density at radius 2 is 1.58 bits per heavy atom. The molecule has 0 amide bonds. The molecule has 4 nitrogen and oxygen atoms in total. The van der Waals surface area contributed by atoms with Gasteiger partial charge in [0.15, 0.2) is 5.78 Å². The van der Waals surface area contributed by atoms with Crippen molar-refractivity contribution in [1.82, 2.24) is 9.97 Å². The molecule has 1 heterocycles. The monoisotopic (exact) mass is 351 g/mol. The number of carbonyl (C=O) groups excluding carboxylic acids is 1. The number of ketones is 1. The first-order valence-corrected chi connectivity index (χ1v) is 8.25. The topological polar surface area (TPSA) is 54.9 Å². The van der Waals surface area contributed by atoms with E-state index in [1.807, 2.05) is 0 Å². The van der Waals surface area contributed by atoms with Crippen LogP contribution in [-0.2, 0) is 6.42 Å². The smallest absolute Gasteiger partial charge is 0.227 e. The number of Topliss-reactive ketones (excluding diaryl/α,β-unsaturated/α-hetero) is 1. The van der Waals surface area contributed by atoms with Crippen molar-refractivity contribution in [3.63, 3.8) is 0 Å². The molecule has 1 aliphatic carbocycles. The molecule has 2 aromatic carbocycles. The van der Waals surface area contributed by atoms with E-state index in [0.717, 1.165) is 5.56 Å². The highest BCUT2D eigenvalue weighted by Gasteiger charge is 2.28. The third-order valence-corrected chi connectivity index (χ3v) is 4.48. The fourth-order valence-electron chi connectivity index (χ4n) is 3.14. The number of nitrogens with zero attached hydrogens (tertiary/aromatic N) is 2. The van der Waals surface area contributed by atoms with Crippen molar-refractivity contribution in [2.24, 2.45) is 0 Å². The lowest BCUT2D eigenvalue weighted by Crippen LogP contribution is -2.21. The van der Waals surface area contributed by atoms with Gasteiger partial charge in [0.25, 0.3) is 0 Å². The normalized spacial score (nSPS) is 16.2. The molecule has 1 aliphatic rings. The van der Waals surface area contributed by atoms with Crippen LogP contribution in [0.1, 0.15) is 34.0 Å². The molecule has 6 heteroatoms. The van der Waals surface area contributed by atoms with Gasteiger partial charge in [-0.2, -0.15) is 0 Å². The van der Waals surface area contributed by atoms with Crippen molar-refractivity contribution in [3.8, 4) is 0 Å². The quantitative estimate of drug-likeness (QED) is 0.759. The lowest BCUT2D eigenvalue weighted by molar-refractivity contribution is 0.0962. The van der Waals surface area contributed by atoms with Crippen molar-refractivity contribution in [2.45, 2.75) is 18.8 Å². The predicted octanol–water partition coefficient (Wildman–Crippen LogP) is 4.41. The Labute approximate surface area is 148 Å². The molecule has 1 unspecified atom stereocenters. The average molecular weight is 351 g/mol. The van der Waals surface area contributed by atoms with Gasteiger partial charge in [-0.1, -0.05) is 12.1 Å². The number of halogens is 2. The minimum atomic E-state index is -0.324. The van der Waals surface area contributed by atoms with Gasteiger partial charge in [-0.25, -0.2) is 18.7 Å². The molecule has 3 aromatic rings. The maximum absolute atomic E-state index is 13.1. The first-order valence-electron chi connectivity index (χ1n) is 8.25.